The molecule has 0 fully saturated rings. The van der Waals surface area contributed by atoms with Gasteiger partial charge in [-0.3, -0.25) is 4.79 Å². The average Bonchev–Trinajstić information content (AvgIpc) is 3.83. The first-order valence-electron chi connectivity index (χ1n) is 18.9. The predicted molar refractivity (Wildman–Crippen MR) is 214 cm³/mol. The summed E-state index contributed by atoms with van der Waals surface area (Å²) in [4.78, 5) is 17.6. The quantitative estimate of drug-likeness (QED) is 0.0885. The van der Waals surface area contributed by atoms with Gasteiger partial charge >= 0.3 is 5.97 Å². The molecule has 0 radical (unpaired) electrons. The van der Waals surface area contributed by atoms with Crippen LogP contribution in [-0.2, 0) is 40.1 Å². The van der Waals surface area contributed by atoms with Crippen LogP contribution in [0.1, 0.15) is 73.6 Å². The Morgan fingerprint density at radius 1 is 0.727 bits per heavy atom. The third-order valence-electron chi connectivity index (χ3n) is 9.96. The van der Waals surface area contributed by atoms with Gasteiger partial charge in [0, 0.05) is 18.5 Å². The van der Waals surface area contributed by atoms with Crippen molar-refractivity contribution in [2.24, 2.45) is 0 Å². The molecule has 7 aromatic rings. The van der Waals surface area contributed by atoms with E-state index in [9.17, 15) is 9.90 Å². The zero-order valence-electron chi connectivity index (χ0n) is 31.8. The first-order valence-corrected chi connectivity index (χ1v) is 18.9. The van der Waals surface area contributed by atoms with E-state index < -0.39 is 11.1 Å². The highest BCUT2D eigenvalue weighted by Gasteiger charge is 2.42. The van der Waals surface area contributed by atoms with E-state index in [1.807, 2.05) is 35.0 Å². The van der Waals surface area contributed by atoms with Gasteiger partial charge in [0.15, 0.2) is 5.82 Å². The summed E-state index contributed by atoms with van der Waals surface area (Å²) in [6.45, 7) is 8.07. The molecule has 9 heteroatoms. The Labute approximate surface area is 322 Å². The molecule has 1 N–H and O–H groups in total. The van der Waals surface area contributed by atoms with Gasteiger partial charge in [-0.1, -0.05) is 146 Å². The number of nitrogens with zero attached hydrogens (tertiary/aromatic N) is 6. The second-order valence-electron chi connectivity index (χ2n) is 14.2. The van der Waals surface area contributed by atoms with E-state index in [4.69, 9.17) is 20.0 Å². The van der Waals surface area contributed by atoms with Crippen LogP contribution in [0, 0.1) is 0 Å². The van der Waals surface area contributed by atoms with Crippen LogP contribution in [0.15, 0.2) is 140 Å². The number of esters is 1. The van der Waals surface area contributed by atoms with Crippen molar-refractivity contribution in [3.05, 3.63) is 179 Å². The molecule has 2 aromatic heterocycles. The van der Waals surface area contributed by atoms with Gasteiger partial charge in [0.25, 0.3) is 0 Å². The molecule has 55 heavy (non-hydrogen) atoms. The molecule has 0 aliphatic rings. The lowest BCUT2D eigenvalue weighted by Crippen LogP contribution is -2.39. The van der Waals surface area contributed by atoms with Crippen LogP contribution >= 0.6 is 0 Å². The molecule has 0 aliphatic heterocycles. The molecule has 0 aliphatic carbocycles. The van der Waals surface area contributed by atoms with Gasteiger partial charge in [-0.15, -0.1) is 5.10 Å². The lowest BCUT2D eigenvalue weighted by molar-refractivity contribution is -0.142. The highest BCUT2D eigenvalue weighted by molar-refractivity contribution is 5.81. The highest BCUT2D eigenvalue weighted by Crippen LogP contribution is 2.43. The maximum absolute atomic E-state index is 12.8. The van der Waals surface area contributed by atoms with Crippen molar-refractivity contribution in [1.29, 1.82) is 0 Å². The summed E-state index contributed by atoms with van der Waals surface area (Å²) in [5, 5.41) is 24.9. The van der Waals surface area contributed by atoms with E-state index in [0.717, 1.165) is 51.2 Å². The largest absolute Gasteiger partial charge is 0.466 e. The van der Waals surface area contributed by atoms with Crippen LogP contribution < -0.4 is 0 Å². The van der Waals surface area contributed by atoms with E-state index in [1.165, 1.54) is 0 Å². The van der Waals surface area contributed by atoms with Crippen molar-refractivity contribution in [3.8, 4) is 22.5 Å². The van der Waals surface area contributed by atoms with Crippen LogP contribution in [0.3, 0.4) is 0 Å². The minimum Gasteiger partial charge on any atom is -0.466 e. The van der Waals surface area contributed by atoms with Crippen molar-refractivity contribution < 1.29 is 14.6 Å². The van der Waals surface area contributed by atoms with Crippen molar-refractivity contribution in [2.75, 3.05) is 6.61 Å². The highest BCUT2D eigenvalue weighted by atomic mass is 16.5. The fourth-order valence-corrected chi connectivity index (χ4v) is 7.54. The molecule has 0 bridgehead atoms. The number of tetrazole rings is 1. The number of aryl methyl sites for hydroxylation is 1. The first kappa shape index (κ1) is 37.1. The van der Waals surface area contributed by atoms with E-state index in [2.05, 4.69) is 126 Å². The minimum absolute atomic E-state index is 0.0283. The van der Waals surface area contributed by atoms with Crippen LogP contribution in [0.4, 0.5) is 0 Å². The number of carbonyl (C=O) groups is 1. The molecule has 9 nitrogen and oxygen atoms in total. The molecule has 0 saturated heterocycles. The zero-order valence-corrected chi connectivity index (χ0v) is 31.8. The topological polar surface area (TPSA) is 108 Å². The van der Waals surface area contributed by atoms with E-state index >= 15 is 0 Å². The number of aromatic nitrogens is 6. The summed E-state index contributed by atoms with van der Waals surface area (Å²) >= 11 is 0. The number of carbonyl (C=O) groups excluding carboxylic acids is 1. The first-order chi connectivity index (χ1) is 26.7. The lowest BCUT2D eigenvalue weighted by atomic mass is 9.77. The van der Waals surface area contributed by atoms with Gasteiger partial charge < -0.3 is 14.4 Å². The second-order valence-corrected chi connectivity index (χ2v) is 14.2. The predicted octanol–water partition coefficient (Wildman–Crippen LogP) is 8.38. The van der Waals surface area contributed by atoms with Crippen LogP contribution in [0.2, 0.25) is 0 Å². The van der Waals surface area contributed by atoms with Crippen molar-refractivity contribution in [3.63, 3.8) is 0 Å². The van der Waals surface area contributed by atoms with E-state index in [-0.39, 0.29) is 19.0 Å². The number of hydrogen-bond donors (Lipinski definition) is 1. The molecule has 0 saturated carbocycles. The molecular weight excluding hydrogens is 685 g/mol. The Kier molecular flexibility index (Phi) is 10.8. The van der Waals surface area contributed by atoms with Gasteiger partial charge in [-0.2, -0.15) is 0 Å². The molecule has 278 valence electrons. The summed E-state index contributed by atoms with van der Waals surface area (Å²) in [6.07, 6.45) is 1.61. The number of imidazole rings is 1. The van der Waals surface area contributed by atoms with Crippen LogP contribution in [0.25, 0.3) is 22.5 Å². The maximum Gasteiger partial charge on any atom is 0.311 e. The van der Waals surface area contributed by atoms with Crippen LogP contribution in [0.5, 0.6) is 0 Å². The van der Waals surface area contributed by atoms with Gasteiger partial charge in [-0.05, 0) is 71.0 Å². The molecule has 0 atom stereocenters. The summed E-state index contributed by atoms with van der Waals surface area (Å²) in [7, 11) is 0. The summed E-state index contributed by atoms with van der Waals surface area (Å²) in [5.74, 6) is 1.11. The average molecular weight is 731 g/mol. The van der Waals surface area contributed by atoms with Gasteiger partial charge in [-0.25, -0.2) is 9.67 Å². The maximum atomic E-state index is 12.8. The van der Waals surface area contributed by atoms with Gasteiger partial charge in [0.05, 0.1) is 24.4 Å². The monoisotopic (exact) mass is 730 g/mol. The second kappa shape index (κ2) is 16.0. The Morgan fingerprint density at radius 2 is 1.27 bits per heavy atom. The number of rotatable bonds is 14. The standard InChI is InChI=1S/C46H46N6O3/c1-5-18-41-47-43(45(3,4)54)40(31-42(53)55-6-2)51(41)32-33-27-29-34(30-28-33)38-25-16-17-26-39(38)44-48-49-50-52(44)46(35-19-10-7-11-20-35,36-21-12-8-13-22-36)37-23-14-9-15-24-37/h7-17,19-30,54H,5-6,18,31-32H2,1-4H3. The summed E-state index contributed by atoms with van der Waals surface area (Å²) < 4.78 is 9.35. The fraction of sp³-hybridized carbons (Fsp3) is 0.239. The fourth-order valence-electron chi connectivity index (χ4n) is 7.54. The van der Waals surface area contributed by atoms with Crippen LogP contribution in [-0.4, -0.2) is 47.4 Å². The SMILES string of the molecule is CCCc1nc(C(C)(C)O)c(CC(=O)OCC)n1Cc1ccc(-c2ccccc2-c2nnnn2C(c2ccccc2)(c2ccccc2)c2ccccc2)cc1. The Hall–Kier alpha value is -6.19. The molecule has 2 heterocycles. The molecular formula is C46H46N6O3. The third-order valence-corrected chi connectivity index (χ3v) is 9.96. The van der Waals surface area contributed by atoms with E-state index in [1.54, 1.807) is 20.8 Å². The minimum atomic E-state index is -1.22. The number of ether oxygens (including phenoxy) is 1. The molecule has 0 spiro atoms. The lowest BCUT2D eigenvalue weighted by Gasteiger charge is -2.36. The van der Waals surface area contributed by atoms with Gasteiger partial charge in [0.2, 0.25) is 0 Å². The van der Waals surface area contributed by atoms with E-state index in [0.29, 0.717) is 30.2 Å². The molecule has 7 rings (SSSR count). The number of aliphatic hydroxyl groups is 1. The van der Waals surface area contributed by atoms with Crippen molar-refractivity contribution >= 4 is 5.97 Å². The Balaban J connectivity index is 1.32. The smallest absolute Gasteiger partial charge is 0.311 e. The van der Waals surface area contributed by atoms with Gasteiger partial charge in [0.1, 0.15) is 17.0 Å². The number of hydrogen-bond acceptors (Lipinski definition) is 7. The number of benzene rings is 5. The molecule has 0 amide bonds. The van der Waals surface area contributed by atoms with Crippen molar-refractivity contribution in [2.45, 2.75) is 64.6 Å². The molecule has 5 aromatic carbocycles. The zero-order chi connectivity index (χ0) is 38.4. The third kappa shape index (κ3) is 7.35. The summed E-state index contributed by atoms with van der Waals surface area (Å²) in [5.41, 5.74) is 6.06. The Morgan fingerprint density at radius 3 is 1.80 bits per heavy atom. The Bertz CT molecular complexity index is 2250. The molecule has 0 unspecified atom stereocenters. The van der Waals surface area contributed by atoms with Crippen molar-refractivity contribution in [1.82, 2.24) is 29.8 Å². The normalized spacial score (nSPS) is 11.8. The summed E-state index contributed by atoms with van der Waals surface area (Å²) in [6, 6.07) is 47.8.